The fourth-order valence-corrected chi connectivity index (χ4v) is 3.36. The highest BCUT2D eigenvalue weighted by molar-refractivity contribution is 6.34. The molecule has 1 aliphatic rings. The molecule has 1 aliphatic heterocycles. The van der Waals surface area contributed by atoms with E-state index in [0.717, 1.165) is 19.4 Å². The number of nitrogens with zero attached hydrogens (tertiary/aromatic N) is 1. The van der Waals surface area contributed by atoms with E-state index in [1.54, 1.807) is 0 Å². The number of hydrogen-bond donors (Lipinski definition) is 3. The average molecular weight is 282 g/mol. The van der Waals surface area contributed by atoms with Gasteiger partial charge in [-0.05, 0) is 40.5 Å². The second-order valence-corrected chi connectivity index (χ2v) is 6.58. The van der Waals surface area contributed by atoms with Crippen LogP contribution in [0.25, 0.3) is 0 Å². The summed E-state index contributed by atoms with van der Waals surface area (Å²) < 4.78 is 0. The molecular weight excluding hydrogens is 256 g/mol. The van der Waals surface area contributed by atoms with Crippen LogP contribution in [0.1, 0.15) is 40.5 Å². The summed E-state index contributed by atoms with van der Waals surface area (Å²) in [7, 11) is 0. The van der Waals surface area contributed by atoms with E-state index in [0.29, 0.717) is 0 Å². The van der Waals surface area contributed by atoms with E-state index in [1.165, 1.54) is 0 Å². The standard InChI is InChI=1S/C14H26N4O2/c1-6-7-18-13(2,3)8-10(9-14(18,4)5)16-11(19)12(20)17-15/h6,10H,1,7-9,15H2,2-5H3,(H,16,19)(H,17,20). The van der Waals surface area contributed by atoms with E-state index >= 15 is 0 Å². The maximum atomic E-state index is 11.6. The Hall–Kier alpha value is -1.40. The quantitative estimate of drug-likeness (QED) is 0.228. The zero-order valence-corrected chi connectivity index (χ0v) is 12.8. The maximum absolute atomic E-state index is 11.6. The molecule has 0 spiro atoms. The molecule has 0 aromatic carbocycles. The molecule has 114 valence electrons. The van der Waals surface area contributed by atoms with Crippen molar-refractivity contribution >= 4 is 11.8 Å². The zero-order valence-electron chi connectivity index (χ0n) is 12.8. The van der Waals surface area contributed by atoms with Crippen LogP contribution in [0.15, 0.2) is 12.7 Å². The highest BCUT2D eigenvalue weighted by Crippen LogP contribution is 2.38. The molecular formula is C14H26N4O2. The number of piperidine rings is 1. The molecule has 2 amide bonds. The Morgan fingerprint density at radius 3 is 2.15 bits per heavy atom. The van der Waals surface area contributed by atoms with Gasteiger partial charge in [0, 0.05) is 23.7 Å². The van der Waals surface area contributed by atoms with Crippen molar-refractivity contribution in [1.29, 1.82) is 0 Å². The van der Waals surface area contributed by atoms with Crippen LogP contribution in [-0.2, 0) is 9.59 Å². The van der Waals surface area contributed by atoms with E-state index in [-0.39, 0.29) is 17.1 Å². The number of rotatable bonds is 3. The number of nitrogens with two attached hydrogens (primary N) is 1. The van der Waals surface area contributed by atoms with Gasteiger partial charge in [0.05, 0.1) is 0 Å². The van der Waals surface area contributed by atoms with E-state index in [4.69, 9.17) is 5.84 Å². The van der Waals surface area contributed by atoms with Crippen LogP contribution in [0, 0.1) is 0 Å². The van der Waals surface area contributed by atoms with Gasteiger partial charge in [0.25, 0.3) is 0 Å². The van der Waals surface area contributed by atoms with Gasteiger partial charge in [-0.25, -0.2) is 5.84 Å². The number of hydrazine groups is 1. The van der Waals surface area contributed by atoms with Gasteiger partial charge in [0.2, 0.25) is 0 Å². The lowest BCUT2D eigenvalue weighted by molar-refractivity contribution is -0.140. The van der Waals surface area contributed by atoms with Gasteiger partial charge in [0.1, 0.15) is 0 Å². The molecule has 0 aromatic rings. The van der Waals surface area contributed by atoms with Crippen LogP contribution in [0.5, 0.6) is 0 Å². The fourth-order valence-electron chi connectivity index (χ4n) is 3.36. The van der Waals surface area contributed by atoms with Crippen LogP contribution in [0.2, 0.25) is 0 Å². The van der Waals surface area contributed by atoms with Crippen LogP contribution < -0.4 is 16.6 Å². The molecule has 4 N–H and O–H groups in total. The molecule has 1 rings (SSSR count). The van der Waals surface area contributed by atoms with E-state index in [2.05, 4.69) is 44.5 Å². The number of nitrogens with one attached hydrogen (secondary N) is 2. The first kappa shape index (κ1) is 16.7. The third kappa shape index (κ3) is 3.58. The van der Waals surface area contributed by atoms with Crippen molar-refractivity contribution in [2.75, 3.05) is 6.54 Å². The monoisotopic (exact) mass is 282 g/mol. The molecule has 0 radical (unpaired) electrons. The lowest BCUT2D eigenvalue weighted by Crippen LogP contribution is -2.64. The van der Waals surface area contributed by atoms with Gasteiger partial charge >= 0.3 is 11.8 Å². The fraction of sp³-hybridized carbons (Fsp3) is 0.714. The minimum Gasteiger partial charge on any atom is -0.345 e. The van der Waals surface area contributed by atoms with Gasteiger partial charge in [-0.2, -0.15) is 0 Å². The first-order chi connectivity index (χ1) is 9.14. The van der Waals surface area contributed by atoms with Crippen molar-refractivity contribution in [3.05, 3.63) is 12.7 Å². The highest BCUT2D eigenvalue weighted by atomic mass is 16.2. The molecule has 1 saturated heterocycles. The van der Waals surface area contributed by atoms with Crippen molar-refractivity contribution in [2.24, 2.45) is 5.84 Å². The third-order valence-corrected chi connectivity index (χ3v) is 3.94. The third-order valence-electron chi connectivity index (χ3n) is 3.94. The zero-order chi connectivity index (χ0) is 15.6. The topological polar surface area (TPSA) is 87.5 Å². The van der Waals surface area contributed by atoms with Crippen molar-refractivity contribution < 1.29 is 9.59 Å². The molecule has 1 fully saturated rings. The molecule has 6 nitrogen and oxygen atoms in total. The largest absolute Gasteiger partial charge is 0.345 e. The Morgan fingerprint density at radius 2 is 1.75 bits per heavy atom. The predicted molar refractivity (Wildman–Crippen MR) is 78.6 cm³/mol. The number of amides is 2. The van der Waals surface area contributed by atoms with Crippen molar-refractivity contribution in [2.45, 2.75) is 57.7 Å². The summed E-state index contributed by atoms with van der Waals surface area (Å²) in [5, 5.41) is 2.76. The second-order valence-electron chi connectivity index (χ2n) is 6.58. The molecule has 1 heterocycles. The smallest absolute Gasteiger partial charge is 0.323 e. The SMILES string of the molecule is C=CCN1C(C)(C)CC(NC(=O)C(=O)NN)CC1(C)C. The first-order valence-corrected chi connectivity index (χ1v) is 6.84. The van der Waals surface area contributed by atoms with Gasteiger partial charge in [0.15, 0.2) is 0 Å². The summed E-state index contributed by atoms with van der Waals surface area (Å²) in [5.41, 5.74) is 1.67. The van der Waals surface area contributed by atoms with Gasteiger partial charge < -0.3 is 5.32 Å². The molecule has 0 atom stereocenters. The summed E-state index contributed by atoms with van der Waals surface area (Å²) in [6.07, 6.45) is 3.44. The van der Waals surface area contributed by atoms with Crippen LogP contribution in [0.4, 0.5) is 0 Å². The second kappa shape index (κ2) is 5.93. The number of carbonyl (C=O) groups is 2. The summed E-state index contributed by atoms with van der Waals surface area (Å²) in [6.45, 7) is 13.2. The first-order valence-electron chi connectivity index (χ1n) is 6.84. The Bertz CT molecular complexity index is 386. The van der Waals surface area contributed by atoms with Gasteiger partial charge in [-0.1, -0.05) is 6.08 Å². The van der Waals surface area contributed by atoms with Crippen LogP contribution >= 0.6 is 0 Å². The van der Waals surface area contributed by atoms with Crippen LogP contribution in [-0.4, -0.2) is 40.4 Å². The highest BCUT2D eigenvalue weighted by Gasteiger charge is 2.45. The average Bonchev–Trinajstić information content (AvgIpc) is 2.31. The Kier molecular flexibility index (Phi) is 4.94. The van der Waals surface area contributed by atoms with Crippen molar-refractivity contribution in [1.82, 2.24) is 15.6 Å². The summed E-state index contributed by atoms with van der Waals surface area (Å²) in [6, 6.07) is -0.0501. The minimum atomic E-state index is -0.811. The van der Waals surface area contributed by atoms with Gasteiger partial charge in [-0.15, -0.1) is 6.58 Å². The number of carbonyl (C=O) groups excluding carboxylic acids is 2. The molecule has 20 heavy (non-hydrogen) atoms. The molecule has 0 unspecified atom stereocenters. The minimum absolute atomic E-state index is 0.0501. The maximum Gasteiger partial charge on any atom is 0.323 e. The predicted octanol–water partition coefficient (Wildman–Crippen LogP) is 0.300. The van der Waals surface area contributed by atoms with Gasteiger partial charge in [-0.3, -0.25) is 19.9 Å². The molecule has 0 aliphatic carbocycles. The normalized spacial score (nSPS) is 22.1. The Labute approximate surface area is 120 Å². The summed E-state index contributed by atoms with van der Waals surface area (Å²) in [4.78, 5) is 25.2. The summed E-state index contributed by atoms with van der Waals surface area (Å²) in [5.74, 6) is 3.48. The van der Waals surface area contributed by atoms with E-state index < -0.39 is 11.8 Å². The lowest BCUT2D eigenvalue weighted by Gasteiger charge is -2.55. The van der Waals surface area contributed by atoms with E-state index in [9.17, 15) is 9.59 Å². The number of likely N-dealkylation sites (tertiary alicyclic amines) is 1. The van der Waals surface area contributed by atoms with Crippen molar-refractivity contribution in [3.63, 3.8) is 0 Å². The van der Waals surface area contributed by atoms with Crippen molar-refractivity contribution in [3.8, 4) is 0 Å². The van der Waals surface area contributed by atoms with Crippen LogP contribution in [0.3, 0.4) is 0 Å². The Balaban J connectivity index is 2.83. The van der Waals surface area contributed by atoms with E-state index in [1.807, 2.05) is 11.5 Å². The summed E-state index contributed by atoms with van der Waals surface area (Å²) >= 11 is 0. The molecule has 0 aromatic heterocycles. The molecule has 0 bridgehead atoms. The Morgan fingerprint density at radius 1 is 1.25 bits per heavy atom. The lowest BCUT2D eigenvalue weighted by atomic mass is 9.77. The molecule has 6 heteroatoms. The molecule has 0 saturated carbocycles. The number of hydrogen-bond acceptors (Lipinski definition) is 4.